The normalized spacial score (nSPS) is 10.7. The van der Waals surface area contributed by atoms with E-state index in [2.05, 4.69) is 35.0 Å². The predicted octanol–water partition coefficient (Wildman–Crippen LogP) is 4.20. The maximum absolute atomic E-state index is 12.1. The van der Waals surface area contributed by atoms with E-state index in [0.717, 1.165) is 17.7 Å². The fourth-order valence-corrected chi connectivity index (χ4v) is 3.81. The highest BCUT2D eigenvalue weighted by atomic mass is 32.1. The van der Waals surface area contributed by atoms with E-state index in [1.54, 1.807) is 18.4 Å². The van der Waals surface area contributed by atoms with Crippen molar-refractivity contribution in [2.24, 2.45) is 0 Å². The van der Waals surface area contributed by atoms with Gasteiger partial charge in [-0.1, -0.05) is 36.4 Å². The third-order valence-electron chi connectivity index (χ3n) is 4.09. The van der Waals surface area contributed by atoms with Gasteiger partial charge in [-0.3, -0.25) is 4.79 Å². The van der Waals surface area contributed by atoms with Crippen molar-refractivity contribution in [3.63, 3.8) is 0 Å². The molecular weight excluding hydrogens is 318 g/mol. The highest BCUT2D eigenvalue weighted by Crippen LogP contribution is 2.25. The van der Waals surface area contributed by atoms with E-state index in [-0.39, 0.29) is 5.91 Å². The van der Waals surface area contributed by atoms with Crippen LogP contribution in [0.4, 0.5) is 0 Å². The summed E-state index contributed by atoms with van der Waals surface area (Å²) in [5.74, 6) is 0.926. The van der Waals surface area contributed by atoms with Gasteiger partial charge in [0.05, 0.1) is 7.11 Å². The highest BCUT2D eigenvalue weighted by Gasteiger charge is 2.07. The Bertz CT molecular complexity index is 825. The number of para-hydroxylation sites is 1. The molecule has 0 fully saturated rings. The largest absolute Gasteiger partial charge is 0.496 e. The number of thiophene rings is 1. The van der Waals surface area contributed by atoms with E-state index in [4.69, 9.17) is 4.74 Å². The Morgan fingerprint density at radius 2 is 1.83 bits per heavy atom. The second kappa shape index (κ2) is 7.97. The minimum Gasteiger partial charge on any atom is -0.496 e. The smallest absolute Gasteiger partial charge is 0.220 e. The van der Waals surface area contributed by atoms with E-state index in [1.807, 2.05) is 24.3 Å². The van der Waals surface area contributed by atoms with Crippen LogP contribution in [0.1, 0.15) is 17.5 Å². The molecule has 4 heteroatoms. The number of fused-ring (bicyclic) bond motifs is 1. The van der Waals surface area contributed by atoms with Crippen molar-refractivity contribution in [3.8, 4) is 5.75 Å². The number of hydrogen-bond acceptors (Lipinski definition) is 3. The van der Waals surface area contributed by atoms with Gasteiger partial charge in [-0.25, -0.2) is 0 Å². The second-order valence-corrected chi connectivity index (χ2v) is 6.58. The first-order chi connectivity index (χ1) is 11.8. The first-order valence-electron chi connectivity index (χ1n) is 8.11. The van der Waals surface area contributed by atoms with Gasteiger partial charge < -0.3 is 10.1 Å². The number of ether oxygens (including phenoxy) is 1. The van der Waals surface area contributed by atoms with Crippen LogP contribution >= 0.6 is 11.3 Å². The molecule has 0 radical (unpaired) electrons. The van der Waals surface area contributed by atoms with Crippen molar-refractivity contribution < 1.29 is 9.53 Å². The maximum Gasteiger partial charge on any atom is 0.220 e. The lowest BCUT2D eigenvalue weighted by atomic mass is 10.1. The third kappa shape index (κ3) is 3.95. The maximum atomic E-state index is 12.1. The van der Waals surface area contributed by atoms with Crippen molar-refractivity contribution in [2.75, 3.05) is 13.7 Å². The average Bonchev–Trinajstić information content (AvgIpc) is 3.03. The van der Waals surface area contributed by atoms with Crippen LogP contribution in [0, 0.1) is 0 Å². The van der Waals surface area contributed by atoms with Crippen LogP contribution in [0.15, 0.2) is 53.9 Å². The van der Waals surface area contributed by atoms with Gasteiger partial charge in [0.25, 0.3) is 0 Å². The monoisotopic (exact) mass is 339 g/mol. The van der Waals surface area contributed by atoms with Crippen LogP contribution in [0.5, 0.6) is 5.75 Å². The van der Waals surface area contributed by atoms with E-state index < -0.39 is 0 Å². The predicted molar refractivity (Wildman–Crippen MR) is 99.9 cm³/mol. The zero-order chi connectivity index (χ0) is 16.8. The number of carbonyl (C=O) groups is 1. The molecule has 24 heavy (non-hydrogen) atoms. The molecule has 0 atom stereocenters. The molecule has 124 valence electrons. The molecule has 1 heterocycles. The summed E-state index contributed by atoms with van der Waals surface area (Å²) < 4.78 is 6.62. The molecule has 0 bridgehead atoms. The Labute approximate surface area is 146 Å². The molecule has 0 saturated heterocycles. The summed E-state index contributed by atoms with van der Waals surface area (Å²) in [6.45, 7) is 0.672. The Kier molecular flexibility index (Phi) is 5.49. The third-order valence-corrected chi connectivity index (χ3v) is 5.10. The Balaban J connectivity index is 1.47. The van der Waals surface area contributed by atoms with Gasteiger partial charge in [0.1, 0.15) is 5.75 Å². The zero-order valence-electron chi connectivity index (χ0n) is 13.7. The van der Waals surface area contributed by atoms with E-state index in [9.17, 15) is 4.79 Å². The number of hydrogen-bond donors (Lipinski definition) is 1. The molecule has 0 spiro atoms. The van der Waals surface area contributed by atoms with Gasteiger partial charge in [0.2, 0.25) is 5.91 Å². The zero-order valence-corrected chi connectivity index (χ0v) is 14.6. The van der Waals surface area contributed by atoms with Gasteiger partial charge in [0, 0.05) is 17.7 Å². The van der Waals surface area contributed by atoms with Crippen molar-refractivity contribution in [2.45, 2.75) is 19.3 Å². The minimum atomic E-state index is 0.0837. The van der Waals surface area contributed by atoms with Gasteiger partial charge >= 0.3 is 0 Å². The number of carbonyl (C=O) groups excluding carboxylic acids is 1. The standard InChI is InChI=1S/C20H21NO2S/c1-23-18-8-4-2-6-15(18)10-11-20(22)21-13-12-16-14-24-19-9-5-3-7-17(16)19/h2-9,14H,10-13H2,1H3,(H,21,22). The SMILES string of the molecule is COc1ccccc1CCC(=O)NCCc1csc2ccccc12. The van der Waals surface area contributed by atoms with Crippen LogP contribution in [0.25, 0.3) is 10.1 Å². The van der Waals surface area contributed by atoms with Crippen molar-refractivity contribution >= 4 is 27.3 Å². The molecule has 2 aromatic carbocycles. The number of aryl methyl sites for hydroxylation is 1. The van der Waals surface area contributed by atoms with Gasteiger partial charge in [0.15, 0.2) is 0 Å². The van der Waals surface area contributed by atoms with Crippen molar-refractivity contribution in [1.29, 1.82) is 0 Å². The average molecular weight is 339 g/mol. The van der Waals surface area contributed by atoms with Crippen LogP contribution in [0.2, 0.25) is 0 Å². The molecule has 0 unspecified atom stereocenters. The van der Waals surface area contributed by atoms with Crippen LogP contribution in [-0.4, -0.2) is 19.6 Å². The van der Waals surface area contributed by atoms with Crippen LogP contribution < -0.4 is 10.1 Å². The lowest BCUT2D eigenvalue weighted by Gasteiger charge is -2.08. The molecule has 1 N–H and O–H groups in total. The molecule has 0 saturated carbocycles. The molecule has 0 aliphatic carbocycles. The number of amides is 1. The summed E-state index contributed by atoms with van der Waals surface area (Å²) in [7, 11) is 1.66. The van der Waals surface area contributed by atoms with E-state index in [1.165, 1.54) is 15.6 Å². The fourth-order valence-electron chi connectivity index (χ4n) is 2.81. The Hall–Kier alpha value is -2.33. The number of benzene rings is 2. The first kappa shape index (κ1) is 16.5. The van der Waals surface area contributed by atoms with Crippen molar-refractivity contribution in [1.82, 2.24) is 5.32 Å². The van der Waals surface area contributed by atoms with Crippen molar-refractivity contribution in [3.05, 3.63) is 65.0 Å². The lowest BCUT2D eigenvalue weighted by molar-refractivity contribution is -0.121. The summed E-state index contributed by atoms with van der Waals surface area (Å²) >= 11 is 1.76. The van der Waals surface area contributed by atoms with Crippen LogP contribution in [-0.2, 0) is 17.6 Å². The Morgan fingerprint density at radius 1 is 1.04 bits per heavy atom. The van der Waals surface area contributed by atoms with Gasteiger partial charge in [-0.15, -0.1) is 11.3 Å². The van der Waals surface area contributed by atoms with E-state index >= 15 is 0 Å². The quantitative estimate of drug-likeness (QED) is 0.700. The molecule has 3 aromatic rings. The summed E-state index contributed by atoms with van der Waals surface area (Å²) in [6.07, 6.45) is 2.03. The molecule has 0 aliphatic heterocycles. The minimum absolute atomic E-state index is 0.0837. The summed E-state index contributed by atoms with van der Waals surface area (Å²) in [5, 5.41) is 6.50. The Morgan fingerprint density at radius 3 is 2.71 bits per heavy atom. The van der Waals surface area contributed by atoms with Gasteiger partial charge in [-0.2, -0.15) is 0 Å². The molecule has 1 amide bonds. The number of methoxy groups -OCH3 is 1. The summed E-state index contributed by atoms with van der Waals surface area (Å²) in [4.78, 5) is 12.1. The summed E-state index contributed by atoms with van der Waals surface area (Å²) in [5.41, 5.74) is 2.37. The molecule has 3 nitrogen and oxygen atoms in total. The second-order valence-electron chi connectivity index (χ2n) is 5.67. The lowest BCUT2D eigenvalue weighted by Crippen LogP contribution is -2.25. The van der Waals surface area contributed by atoms with Crippen LogP contribution in [0.3, 0.4) is 0 Å². The highest BCUT2D eigenvalue weighted by molar-refractivity contribution is 7.17. The number of rotatable bonds is 7. The summed E-state index contributed by atoms with van der Waals surface area (Å²) in [6, 6.07) is 16.2. The fraction of sp³-hybridized carbons (Fsp3) is 0.250. The topological polar surface area (TPSA) is 38.3 Å². The molecule has 3 rings (SSSR count). The first-order valence-corrected chi connectivity index (χ1v) is 8.99. The van der Waals surface area contributed by atoms with E-state index in [0.29, 0.717) is 19.4 Å². The molecule has 0 aliphatic rings. The van der Waals surface area contributed by atoms with Gasteiger partial charge in [-0.05, 0) is 46.9 Å². The number of nitrogens with one attached hydrogen (secondary N) is 1. The molecular formula is C20H21NO2S. The molecule has 1 aromatic heterocycles.